The van der Waals surface area contributed by atoms with Crippen LogP contribution in [-0.2, 0) is 11.3 Å². The van der Waals surface area contributed by atoms with Gasteiger partial charge in [-0.05, 0) is 30.5 Å². The van der Waals surface area contributed by atoms with E-state index < -0.39 is 0 Å². The summed E-state index contributed by atoms with van der Waals surface area (Å²) in [7, 11) is 0. The number of anilines is 2. The second kappa shape index (κ2) is 10.8. The molecule has 0 aliphatic carbocycles. The molecule has 0 bridgehead atoms. The summed E-state index contributed by atoms with van der Waals surface area (Å²) >= 11 is 1.60. The minimum atomic E-state index is -0.150. The van der Waals surface area contributed by atoms with Gasteiger partial charge in [-0.3, -0.25) is 9.78 Å². The van der Waals surface area contributed by atoms with Crippen molar-refractivity contribution < 1.29 is 9.90 Å². The third-order valence-corrected chi connectivity index (χ3v) is 7.03. The Morgan fingerprint density at radius 1 is 1.14 bits per heavy atom. The van der Waals surface area contributed by atoms with Gasteiger partial charge >= 0.3 is 0 Å². The van der Waals surface area contributed by atoms with E-state index in [-0.39, 0.29) is 25.0 Å². The van der Waals surface area contributed by atoms with Crippen molar-refractivity contribution in [3.8, 4) is 11.1 Å². The van der Waals surface area contributed by atoms with Gasteiger partial charge in [0.25, 0.3) is 0 Å². The average molecular weight is 489 g/mol. The standard InChI is InChI=1S/C26H28N6O2S/c33-14-12-28-24(34)19-9-6-13-32(16-19)26-30-23(29-15-20-10-4-5-11-27-20)22-21(17-35-25(22)31-26)18-7-2-1-3-8-18/h1-5,7-8,10-11,17,19,33H,6,9,12-16H2,(H,28,34)(H,29,30,31). The van der Waals surface area contributed by atoms with Crippen LogP contribution in [0.4, 0.5) is 11.8 Å². The summed E-state index contributed by atoms with van der Waals surface area (Å²) in [5.41, 5.74) is 3.14. The molecule has 0 saturated carbocycles. The zero-order valence-corrected chi connectivity index (χ0v) is 20.2. The second-order valence-electron chi connectivity index (χ2n) is 8.54. The molecule has 1 unspecified atom stereocenters. The van der Waals surface area contributed by atoms with Crippen LogP contribution in [0.15, 0.2) is 60.1 Å². The molecule has 8 nitrogen and oxygen atoms in total. The van der Waals surface area contributed by atoms with Crippen molar-refractivity contribution in [2.75, 3.05) is 36.5 Å². The number of thiophene rings is 1. The predicted octanol–water partition coefficient (Wildman–Crippen LogP) is 3.69. The molecule has 1 aromatic carbocycles. The van der Waals surface area contributed by atoms with Crippen LogP contribution in [0.3, 0.4) is 0 Å². The maximum atomic E-state index is 12.5. The first-order chi connectivity index (χ1) is 17.2. The van der Waals surface area contributed by atoms with Crippen molar-refractivity contribution in [1.82, 2.24) is 20.3 Å². The summed E-state index contributed by atoms with van der Waals surface area (Å²) in [5.74, 6) is 1.22. The Morgan fingerprint density at radius 3 is 2.80 bits per heavy atom. The number of hydrogen-bond donors (Lipinski definition) is 3. The maximum absolute atomic E-state index is 12.5. The van der Waals surface area contributed by atoms with Crippen molar-refractivity contribution >= 4 is 39.2 Å². The summed E-state index contributed by atoms with van der Waals surface area (Å²) in [6.07, 6.45) is 3.49. The lowest BCUT2D eigenvalue weighted by molar-refractivity contribution is -0.125. The number of nitrogens with one attached hydrogen (secondary N) is 2. The van der Waals surface area contributed by atoms with Crippen molar-refractivity contribution in [1.29, 1.82) is 0 Å². The molecule has 1 amide bonds. The number of amides is 1. The van der Waals surface area contributed by atoms with Gasteiger partial charge in [0.1, 0.15) is 10.6 Å². The highest BCUT2D eigenvalue weighted by atomic mass is 32.1. The van der Waals surface area contributed by atoms with Crippen molar-refractivity contribution in [2.24, 2.45) is 5.92 Å². The van der Waals surface area contributed by atoms with Crippen molar-refractivity contribution in [3.63, 3.8) is 0 Å². The summed E-state index contributed by atoms with van der Waals surface area (Å²) in [4.78, 5) is 29.8. The minimum absolute atomic E-state index is 0.0270. The number of benzene rings is 1. The Labute approximate surface area is 208 Å². The lowest BCUT2D eigenvalue weighted by Crippen LogP contribution is -2.44. The molecule has 3 aromatic heterocycles. The Kier molecular flexibility index (Phi) is 7.15. The molecule has 9 heteroatoms. The highest BCUT2D eigenvalue weighted by Gasteiger charge is 2.28. The zero-order chi connectivity index (χ0) is 24.0. The van der Waals surface area contributed by atoms with Crippen LogP contribution >= 0.6 is 11.3 Å². The predicted molar refractivity (Wildman–Crippen MR) is 139 cm³/mol. The second-order valence-corrected chi connectivity index (χ2v) is 9.40. The van der Waals surface area contributed by atoms with E-state index >= 15 is 0 Å². The molecular weight excluding hydrogens is 460 g/mol. The van der Waals surface area contributed by atoms with Gasteiger partial charge in [0.05, 0.1) is 30.1 Å². The van der Waals surface area contributed by atoms with Crippen LogP contribution in [0.5, 0.6) is 0 Å². The Balaban J connectivity index is 1.49. The number of fused-ring (bicyclic) bond motifs is 1. The molecule has 5 rings (SSSR count). The molecule has 180 valence electrons. The fraction of sp³-hybridized carbons (Fsp3) is 0.308. The third-order valence-electron chi connectivity index (χ3n) is 6.16. The first-order valence-electron chi connectivity index (χ1n) is 11.8. The maximum Gasteiger partial charge on any atom is 0.228 e. The van der Waals surface area contributed by atoms with E-state index in [2.05, 4.69) is 38.0 Å². The monoisotopic (exact) mass is 488 g/mol. The van der Waals surface area contributed by atoms with E-state index in [1.807, 2.05) is 36.4 Å². The Hall–Kier alpha value is -3.56. The fourth-order valence-corrected chi connectivity index (χ4v) is 5.35. The van der Waals surface area contributed by atoms with Crippen molar-refractivity contribution in [3.05, 3.63) is 65.8 Å². The van der Waals surface area contributed by atoms with E-state index in [0.717, 1.165) is 52.2 Å². The first kappa shape index (κ1) is 23.2. The van der Waals surface area contributed by atoms with Gasteiger partial charge in [0, 0.05) is 36.8 Å². The topological polar surface area (TPSA) is 103 Å². The van der Waals surface area contributed by atoms with Crippen LogP contribution in [0.25, 0.3) is 21.3 Å². The summed E-state index contributed by atoms with van der Waals surface area (Å²) in [5, 5.41) is 18.5. The zero-order valence-electron chi connectivity index (χ0n) is 19.4. The summed E-state index contributed by atoms with van der Waals surface area (Å²) in [6, 6.07) is 16.1. The molecule has 3 N–H and O–H groups in total. The number of carbonyl (C=O) groups is 1. The van der Waals surface area contributed by atoms with Crippen LogP contribution in [0.2, 0.25) is 0 Å². The van der Waals surface area contributed by atoms with Crippen LogP contribution in [0.1, 0.15) is 18.5 Å². The number of rotatable bonds is 8. The number of pyridine rings is 1. The molecule has 35 heavy (non-hydrogen) atoms. The molecule has 4 heterocycles. The third kappa shape index (κ3) is 5.26. The van der Waals surface area contributed by atoms with Gasteiger partial charge in [-0.1, -0.05) is 36.4 Å². The van der Waals surface area contributed by atoms with E-state index in [0.29, 0.717) is 19.0 Å². The number of aliphatic hydroxyl groups is 1. The molecule has 0 spiro atoms. The van der Waals surface area contributed by atoms with E-state index in [1.54, 1.807) is 17.5 Å². The minimum Gasteiger partial charge on any atom is -0.395 e. The van der Waals surface area contributed by atoms with Gasteiger partial charge in [-0.25, -0.2) is 4.98 Å². The number of piperidine rings is 1. The highest BCUT2D eigenvalue weighted by Crippen LogP contribution is 2.38. The highest BCUT2D eigenvalue weighted by molar-refractivity contribution is 7.17. The number of aliphatic hydroxyl groups excluding tert-OH is 1. The normalized spacial score (nSPS) is 15.8. The average Bonchev–Trinajstić information content (AvgIpc) is 3.36. The van der Waals surface area contributed by atoms with Gasteiger partial charge in [0.15, 0.2) is 0 Å². The van der Waals surface area contributed by atoms with Gasteiger partial charge in [0.2, 0.25) is 11.9 Å². The number of nitrogens with zero attached hydrogens (tertiary/aromatic N) is 4. The van der Waals surface area contributed by atoms with Crippen molar-refractivity contribution in [2.45, 2.75) is 19.4 Å². The molecule has 1 aliphatic heterocycles. The van der Waals surface area contributed by atoms with Crippen LogP contribution in [0, 0.1) is 5.92 Å². The molecular formula is C26H28N6O2S. The number of hydrogen-bond acceptors (Lipinski definition) is 8. The van der Waals surface area contributed by atoms with E-state index in [1.165, 1.54) is 0 Å². The Bertz CT molecular complexity index is 1280. The Morgan fingerprint density at radius 2 is 2.00 bits per heavy atom. The van der Waals surface area contributed by atoms with Crippen LogP contribution < -0.4 is 15.5 Å². The van der Waals surface area contributed by atoms with Gasteiger partial charge in [-0.2, -0.15) is 4.98 Å². The smallest absolute Gasteiger partial charge is 0.228 e. The van der Waals surface area contributed by atoms with E-state index in [4.69, 9.17) is 15.1 Å². The van der Waals surface area contributed by atoms with Crippen LogP contribution in [-0.4, -0.2) is 52.2 Å². The largest absolute Gasteiger partial charge is 0.395 e. The SMILES string of the molecule is O=C(NCCO)C1CCCN(c2nc(NCc3ccccn3)c3c(-c4ccccc4)csc3n2)C1. The first-order valence-corrected chi connectivity index (χ1v) is 12.7. The van der Waals surface area contributed by atoms with Gasteiger partial charge in [-0.15, -0.1) is 11.3 Å². The van der Waals surface area contributed by atoms with E-state index in [9.17, 15) is 4.79 Å². The van der Waals surface area contributed by atoms with Gasteiger partial charge < -0.3 is 20.6 Å². The number of carbonyl (C=O) groups excluding carboxylic acids is 1. The lowest BCUT2D eigenvalue weighted by atomic mass is 9.97. The molecule has 1 atom stereocenters. The fourth-order valence-electron chi connectivity index (χ4n) is 4.40. The molecule has 0 radical (unpaired) electrons. The molecule has 1 saturated heterocycles. The number of aromatic nitrogens is 3. The lowest BCUT2D eigenvalue weighted by Gasteiger charge is -2.32. The molecule has 1 aliphatic rings. The summed E-state index contributed by atoms with van der Waals surface area (Å²) in [6.45, 7) is 2.11. The quantitative estimate of drug-likeness (QED) is 0.348. The summed E-state index contributed by atoms with van der Waals surface area (Å²) < 4.78 is 0. The molecule has 1 fully saturated rings. The molecule has 4 aromatic rings.